The number of nitrogens with zero attached hydrogens (tertiary/aromatic N) is 1. The highest BCUT2D eigenvalue weighted by molar-refractivity contribution is 6.15. The first-order valence-electron chi connectivity index (χ1n) is 8.69. The van der Waals surface area contributed by atoms with Crippen LogP contribution in [0.25, 0.3) is 6.08 Å². The number of aromatic amines is 1. The molecule has 0 saturated carbocycles. The first kappa shape index (κ1) is 20.0. The monoisotopic (exact) mass is 366 g/mol. The Kier molecular flexibility index (Phi) is 6.56. The summed E-state index contributed by atoms with van der Waals surface area (Å²) in [6.45, 7) is 7.64. The molecule has 0 aliphatic rings. The lowest BCUT2D eigenvalue weighted by molar-refractivity contribution is 0.0525. The zero-order valence-corrected chi connectivity index (χ0v) is 15.9. The van der Waals surface area contributed by atoms with Crippen molar-refractivity contribution in [1.82, 2.24) is 4.98 Å². The van der Waals surface area contributed by atoms with Crippen molar-refractivity contribution < 1.29 is 19.1 Å². The molecule has 1 N–H and O–H groups in total. The molecule has 2 rings (SSSR count). The van der Waals surface area contributed by atoms with Crippen molar-refractivity contribution in [3.8, 4) is 11.8 Å². The molecule has 6 heteroatoms. The molecule has 0 amide bonds. The summed E-state index contributed by atoms with van der Waals surface area (Å²) in [6.07, 6.45) is 1.49. The molecule has 0 bridgehead atoms. The van der Waals surface area contributed by atoms with Gasteiger partial charge in [0.2, 0.25) is 5.78 Å². The Balaban J connectivity index is 2.46. The zero-order valence-electron chi connectivity index (χ0n) is 15.9. The SMILES string of the molecule is CCOC(=O)c1c(C)[nH]c(C(=O)C(C#N)=Cc2ccccc2OCC)c1C. The molecule has 0 unspecified atom stereocenters. The Hall–Kier alpha value is -3.33. The van der Waals surface area contributed by atoms with Gasteiger partial charge in [-0.15, -0.1) is 0 Å². The molecular formula is C21H22N2O4. The number of rotatable bonds is 7. The van der Waals surface area contributed by atoms with Crippen molar-refractivity contribution >= 4 is 17.8 Å². The molecule has 1 heterocycles. The lowest BCUT2D eigenvalue weighted by atomic mass is 10.0. The summed E-state index contributed by atoms with van der Waals surface area (Å²) in [6, 6.07) is 9.12. The fourth-order valence-corrected chi connectivity index (χ4v) is 2.81. The molecule has 27 heavy (non-hydrogen) atoms. The van der Waals surface area contributed by atoms with Crippen molar-refractivity contribution in [3.63, 3.8) is 0 Å². The summed E-state index contributed by atoms with van der Waals surface area (Å²) in [7, 11) is 0. The van der Waals surface area contributed by atoms with Gasteiger partial charge in [-0.25, -0.2) is 4.79 Å². The van der Waals surface area contributed by atoms with Crippen LogP contribution in [0.4, 0.5) is 0 Å². The minimum Gasteiger partial charge on any atom is -0.493 e. The van der Waals surface area contributed by atoms with Crippen molar-refractivity contribution in [3.05, 3.63) is 57.9 Å². The van der Waals surface area contributed by atoms with E-state index in [1.807, 2.05) is 19.1 Å². The molecule has 0 radical (unpaired) electrons. The van der Waals surface area contributed by atoms with Gasteiger partial charge in [-0.3, -0.25) is 4.79 Å². The summed E-state index contributed by atoms with van der Waals surface area (Å²) in [5, 5.41) is 9.51. The molecule has 0 atom stereocenters. The molecule has 0 spiro atoms. The topological polar surface area (TPSA) is 92.2 Å². The van der Waals surface area contributed by atoms with Gasteiger partial charge in [0.05, 0.1) is 24.5 Å². The summed E-state index contributed by atoms with van der Waals surface area (Å²) in [4.78, 5) is 27.9. The summed E-state index contributed by atoms with van der Waals surface area (Å²) in [5.41, 5.74) is 2.11. The highest BCUT2D eigenvalue weighted by Crippen LogP contribution is 2.25. The van der Waals surface area contributed by atoms with Crippen LogP contribution in [-0.4, -0.2) is 30.0 Å². The third-order valence-corrected chi connectivity index (χ3v) is 4.03. The number of hydrogen-bond donors (Lipinski definition) is 1. The van der Waals surface area contributed by atoms with E-state index in [0.29, 0.717) is 34.7 Å². The largest absolute Gasteiger partial charge is 0.493 e. The lowest BCUT2D eigenvalue weighted by Gasteiger charge is -2.07. The number of H-pyrrole nitrogens is 1. The van der Waals surface area contributed by atoms with Crippen LogP contribution in [-0.2, 0) is 4.74 Å². The van der Waals surface area contributed by atoms with E-state index in [9.17, 15) is 14.9 Å². The van der Waals surface area contributed by atoms with Gasteiger partial charge in [0.1, 0.15) is 17.4 Å². The second-order valence-corrected chi connectivity index (χ2v) is 5.82. The van der Waals surface area contributed by atoms with E-state index in [-0.39, 0.29) is 17.9 Å². The van der Waals surface area contributed by atoms with Crippen LogP contribution >= 0.6 is 0 Å². The van der Waals surface area contributed by atoms with E-state index in [2.05, 4.69) is 4.98 Å². The van der Waals surface area contributed by atoms with Crippen LogP contribution in [0, 0.1) is 25.2 Å². The highest BCUT2D eigenvalue weighted by atomic mass is 16.5. The maximum Gasteiger partial charge on any atom is 0.340 e. The van der Waals surface area contributed by atoms with E-state index >= 15 is 0 Å². The normalized spacial score (nSPS) is 11.0. The predicted octanol–water partition coefficient (Wildman–Crippen LogP) is 4.00. The number of nitriles is 1. The molecule has 0 aliphatic heterocycles. The number of allylic oxidation sites excluding steroid dienone is 1. The van der Waals surface area contributed by atoms with Gasteiger partial charge < -0.3 is 14.5 Å². The molecule has 140 valence electrons. The van der Waals surface area contributed by atoms with Gasteiger partial charge in [-0.1, -0.05) is 18.2 Å². The average Bonchev–Trinajstić information content (AvgIpc) is 2.95. The van der Waals surface area contributed by atoms with Crippen LogP contribution in [0.5, 0.6) is 5.75 Å². The molecule has 0 aliphatic carbocycles. The van der Waals surface area contributed by atoms with Crippen molar-refractivity contribution in [2.75, 3.05) is 13.2 Å². The standard InChI is InChI=1S/C21H22N2O4/c1-5-26-17-10-8-7-9-15(17)11-16(12-22)20(24)19-13(3)18(14(4)23-19)21(25)27-6-2/h7-11,23H,5-6H2,1-4H3. The second-order valence-electron chi connectivity index (χ2n) is 5.82. The molecule has 0 saturated heterocycles. The molecule has 2 aromatic rings. The number of nitrogens with one attached hydrogen (secondary N) is 1. The minimum absolute atomic E-state index is 0.0538. The number of benzene rings is 1. The number of para-hydroxylation sites is 1. The quantitative estimate of drug-likeness (QED) is 0.346. The van der Waals surface area contributed by atoms with Crippen LogP contribution in [0.15, 0.2) is 29.8 Å². The van der Waals surface area contributed by atoms with E-state index in [1.165, 1.54) is 6.08 Å². The Bertz CT molecular complexity index is 932. The Morgan fingerprint density at radius 2 is 1.89 bits per heavy atom. The molecular weight excluding hydrogens is 344 g/mol. The summed E-state index contributed by atoms with van der Waals surface area (Å²) < 4.78 is 10.6. The number of ketones is 1. The Morgan fingerprint density at radius 3 is 2.52 bits per heavy atom. The van der Waals surface area contributed by atoms with E-state index in [0.717, 1.165) is 0 Å². The van der Waals surface area contributed by atoms with Gasteiger partial charge >= 0.3 is 5.97 Å². The number of carbonyl (C=O) groups excluding carboxylic acids is 2. The Labute approximate surface area is 158 Å². The number of ether oxygens (including phenoxy) is 2. The van der Waals surface area contributed by atoms with E-state index in [1.54, 1.807) is 39.0 Å². The third kappa shape index (κ3) is 4.26. The zero-order chi connectivity index (χ0) is 20.0. The van der Waals surface area contributed by atoms with Crippen LogP contribution in [0.3, 0.4) is 0 Å². The third-order valence-electron chi connectivity index (χ3n) is 4.03. The van der Waals surface area contributed by atoms with Gasteiger partial charge in [0, 0.05) is 11.3 Å². The molecule has 1 aromatic carbocycles. The lowest BCUT2D eigenvalue weighted by Crippen LogP contribution is -2.08. The number of aromatic nitrogens is 1. The number of Topliss-reactive ketones (excluding diaryl/α,β-unsaturated/α-hetero) is 1. The van der Waals surface area contributed by atoms with Crippen LogP contribution < -0.4 is 4.74 Å². The number of carbonyl (C=O) groups is 2. The van der Waals surface area contributed by atoms with E-state index < -0.39 is 11.8 Å². The molecule has 0 fully saturated rings. The molecule has 1 aromatic heterocycles. The predicted molar refractivity (Wildman–Crippen MR) is 102 cm³/mol. The van der Waals surface area contributed by atoms with Crippen molar-refractivity contribution in [1.29, 1.82) is 5.26 Å². The Morgan fingerprint density at radius 1 is 1.19 bits per heavy atom. The van der Waals surface area contributed by atoms with Gasteiger partial charge in [-0.05, 0) is 45.4 Å². The fourth-order valence-electron chi connectivity index (χ4n) is 2.81. The van der Waals surface area contributed by atoms with Gasteiger partial charge in [-0.2, -0.15) is 5.26 Å². The van der Waals surface area contributed by atoms with Gasteiger partial charge in [0.25, 0.3) is 0 Å². The van der Waals surface area contributed by atoms with Crippen molar-refractivity contribution in [2.45, 2.75) is 27.7 Å². The molecule has 6 nitrogen and oxygen atoms in total. The number of aryl methyl sites for hydroxylation is 1. The highest BCUT2D eigenvalue weighted by Gasteiger charge is 2.24. The maximum atomic E-state index is 12.9. The van der Waals surface area contributed by atoms with E-state index in [4.69, 9.17) is 9.47 Å². The van der Waals surface area contributed by atoms with Crippen LogP contribution in [0.1, 0.15) is 51.5 Å². The van der Waals surface area contributed by atoms with Crippen LogP contribution in [0.2, 0.25) is 0 Å². The number of esters is 1. The average molecular weight is 366 g/mol. The first-order chi connectivity index (χ1) is 12.9. The first-order valence-corrected chi connectivity index (χ1v) is 8.69. The van der Waals surface area contributed by atoms with Gasteiger partial charge in [0.15, 0.2) is 0 Å². The summed E-state index contributed by atoms with van der Waals surface area (Å²) in [5.74, 6) is -0.390. The maximum absolute atomic E-state index is 12.9. The fraction of sp³-hybridized carbons (Fsp3) is 0.286. The number of hydrogen-bond acceptors (Lipinski definition) is 5. The smallest absolute Gasteiger partial charge is 0.340 e. The van der Waals surface area contributed by atoms with Crippen molar-refractivity contribution in [2.24, 2.45) is 0 Å². The second kappa shape index (κ2) is 8.86. The minimum atomic E-state index is -0.494. The summed E-state index contributed by atoms with van der Waals surface area (Å²) >= 11 is 0.